The molecule has 0 fully saturated rings. The van der Waals surface area contributed by atoms with E-state index in [0.29, 0.717) is 16.8 Å². The molecule has 132 valence electrons. The fourth-order valence-corrected chi connectivity index (χ4v) is 2.51. The van der Waals surface area contributed by atoms with Crippen LogP contribution < -0.4 is 5.32 Å². The molecule has 2 aromatic rings. The van der Waals surface area contributed by atoms with E-state index < -0.39 is 11.7 Å². The number of hydrogen-bond donors (Lipinski definition) is 1. The van der Waals surface area contributed by atoms with Crippen molar-refractivity contribution < 1.29 is 13.2 Å². The summed E-state index contributed by atoms with van der Waals surface area (Å²) in [4.78, 5) is 0. The molecule has 0 aliphatic heterocycles. The third kappa shape index (κ3) is 4.42. The Labute approximate surface area is 150 Å². The number of hydrogen-bond acceptors (Lipinski definition) is 2. The molecular weight excluding hydrogens is 337 g/mol. The topological polar surface area (TPSA) is 35.8 Å². The zero-order chi connectivity index (χ0) is 19.2. The van der Waals surface area contributed by atoms with E-state index in [1.165, 1.54) is 18.2 Å². The lowest BCUT2D eigenvalue weighted by Crippen LogP contribution is -2.06. The highest BCUT2D eigenvalue weighted by Crippen LogP contribution is 2.32. The van der Waals surface area contributed by atoms with Crippen LogP contribution in [0.4, 0.5) is 13.2 Å². The van der Waals surface area contributed by atoms with E-state index in [9.17, 15) is 18.4 Å². The van der Waals surface area contributed by atoms with Crippen LogP contribution in [-0.4, -0.2) is 7.05 Å². The zero-order valence-corrected chi connectivity index (χ0v) is 14.1. The Hall–Kier alpha value is -3.26. The highest BCUT2D eigenvalue weighted by Gasteiger charge is 2.32. The number of benzene rings is 2. The molecule has 0 aromatic heterocycles. The van der Waals surface area contributed by atoms with Crippen LogP contribution >= 0.6 is 0 Å². The van der Waals surface area contributed by atoms with Crippen LogP contribution in [0.25, 0.3) is 17.7 Å². The molecule has 0 aliphatic carbocycles. The van der Waals surface area contributed by atoms with Gasteiger partial charge in [-0.15, -0.1) is 0 Å². The van der Waals surface area contributed by atoms with Crippen LogP contribution in [0.5, 0.6) is 0 Å². The van der Waals surface area contributed by atoms with Gasteiger partial charge in [0.15, 0.2) is 0 Å². The van der Waals surface area contributed by atoms with E-state index in [1.54, 1.807) is 43.5 Å². The molecule has 0 saturated heterocycles. The Balaban J connectivity index is 2.42. The Bertz CT molecular complexity index is 900. The molecule has 2 aromatic carbocycles. The number of nitrogens with one attached hydrogen (secondary N) is 1. The van der Waals surface area contributed by atoms with Crippen LogP contribution in [0.2, 0.25) is 0 Å². The van der Waals surface area contributed by atoms with Gasteiger partial charge in [-0.05, 0) is 28.8 Å². The quantitative estimate of drug-likeness (QED) is 0.436. The number of nitrogens with zero attached hydrogens (tertiary/aromatic N) is 1. The minimum atomic E-state index is -4.41. The Morgan fingerprint density at radius 3 is 2.46 bits per heavy atom. The standard InChI is InChI=1S/C21H17F3N2/c1-3-18(20(14-25)26-2)17-9-6-7-15(13-17)11-12-16-8-4-5-10-19(16)21(22,23)24/h3-13,26H,1H2,2H3/b12-11+,20-18+. The summed E-state index contributed by atoms with van der Waals surface area (Å²) in [7, 11) is 1.64. The first-order valence-corrected chi connectivity index (χ1v) is 7.80. The molecule has 0 unspecified atom stereocenters. The van der Waals surface area contributed by atoms with Crippen LogP contribution in [-0.2, 0) is 6.18 Å². The maximum Gasteiger partial charge on any atom is 0.416 e. The maximum atomic E-state index is 13.1. The predicted molar refractivity (Wildman–Crippen MR) is 98.6 cm³/mol. The van der Waals surface area contributed by atoms with E-state index in [4.69, 9.17) is 0 Å². The summed E-state index contributed by atoms with van der Waals surface area (Å²) < 4.78 is 39.2. The van der Waals surface area contributed by atoms with E-state index in [0.717, 1.165) is 11.6 Å². The first-order chi connectivity index (χ1) is 12.4. The van der Waals surface area contributed by atoms with Crippen LogP contribution in [0, 0.1) is 11.3 Å². The fraction of sp³-hybridized carbons (Fsp3) is 0.0952. The van der Waals surface area contributed by atoms with Crippen LogP contribution in [0.3, 0.4) is 0 Å². The molecule has 26 heavy (non-hydrogen) atoms. The first kappa shape index (κ1) is 19.1. The SMILES string of the molecule is C=C/C(=C(/C#N)NC)c1cccc(/C=C/c2ccccc2C(F)(F)F)c1. The average molecular weight is 354 g/mol. The highest BCUT2D eigenvalue weighted by atomic mass is 19.4. The molecule has 2 nitrogen and oxygen atoms in total. The lowest BCUT2D eigenvalue weighted by Gasteiger charge is -2.10. The van der Waals surface area contributed by atoms with Crippen molar-refractivity contribution in [2.45, 2.75) is 6.18 Å². The smallest absolute Gasteiger partial charge is 0.379 e. The van der Waals surface area contributed by atoms with Gasteiger partial charge in [0.1, 0.15) is 11.8 Å². The number of allylic oxidation sites excluding steroid dienone is 3. The van der Waals surface area contributed by atoms with Gasteiger partial charge >= 0.3 is 6.18 Å². The van der Waals surface area contributed by atoms with Gasteiger partial charge in [-0.3, -0.25) is 0 Å². The summed E-state index contributed by atoms with van der Waals surface area (Å²) in [5.74, 6) is 0. The van der Waals surface area contributed by atoms with E-state index >= 15 is 0 Å². The van der Waals surface area contributed by atoms with Crippen molar-refractivity contribution in [2.75, 3.05) is 7.05 Å². The molecule has 0 spiro atoms. The minimum absolute atomic E-state index is 0.0952. The van der Waals surface area contributed by atoms with Crippen molar-refractivity contribution in [2.24, 2.45) is 0 Å². The summed E-state index contributed by atoms with van der Waals surface area (Å²) in [5, 5.41) is 12.0. The molecule has 0 aliphatic rings. The second-order valence-corrected chi connectivity index (χ2v) is 5.40. The molecule has 0 heterocycles. The third-order valence-electron chi connectivity index (χ3n) is 3.75. The van der Waals surface area contributed by atoms with Crippen LogP contribution in [0.1, 0.15) is 22.3 Å². The molecule has 2 rings (SSSR count). The van der Waals surface area contributed by atoms with Crippen molar-refractivity contribution in [3.8, 4) is 6.07 Å². The molecule has 5 heteroatoms. The van der Waals surface area contributed by atoms with E-state index in [-0.39, 0.29) is 5.56 Å². The lowest BCUT2D eigenvalue weighted by atomic mass is 10.00. The van der Waals surface area contributed by atoms with Crippen LogP contribution in [0.15, 0.2) is 66.9 Å². The van der Waals surface area contributed by atoms with Crippen molar-refractivity contribution in [1.29, 1.82) is 5.26 Å². The molecule has 0 radical (unpaired) electrons. The van der Waals surface area contributed by atoms with Gasteiger partial charge in [0, 0.05) is 12.6 Å². The molecule has 0 saturated carbocycles. The molecule has 0 bridgehead atoms. The summed E-state index contributed by atoms with van der Waals surface area (Å²) in [6.45, 7) is 3.72. The maximum absolute atomic E-state index is 13.1. The monoisotopic (exact) mass is 354 g/mol. The molecular formula is C21H17F3N2. The number of alkyl halides is 3. The van der Waals surface area contributed by atoms with E-state index in [1.807, 2.05) is 6.07 Å². The number of halogens is 3. The molecule has 0 amide bonds. The molecule has 1 N–H and O–H groups in total. The fourth-order valence-electron chi connectivity index (χ4n) is 2.51. The predicted octanol–water partition coefficient (Wildman–Crippen LogP) is 5.52. The van der Waals surface area contributed by atoms with Gasteiger partial charge < -0.3 is 5.32 Å². The lowest BCUT2D eigenvalue weighted by molar-refractivity contribution is -0.137. The van der Waals surface area contributed by atoms with Crippen molar-refractivity contribution >= 4 is 17.7 Å². The Morgan fingerprint density at radius 2 is 1.85 bits per heavy atom. The number of rotatable bonds is 5. The normalized spacial score (nSPS) is 12.4. The highest BCUT2D eigenvalue weighted by molar-refractivity contribution is 5.80. The third-order valence-corrected chi connectivity index (χ3v) is 3.75. The second kappa shape index (κ2) is 8.21. The van der Waals surface area contributed by atoms with Gasteiger partial charge in [0.05, 0.1) is 5.56 Å². The van der Waals surface area contributed by atoms with E-state index in [2.05, 4.69) is 18.0 Å². The van der Waals surface area contributed by atoms with Crippen molar-refractivity contribution in [3.05, 3.63) is 89.1 Å². The number of nitriles is 1. The minimum Gasteiger partial charge on any atom is -0.379 e. The van der Waals surface area contributed by atoms with Gasteiger partial charge in [-0.2, -0.15) is 18.4 Å². The first-order valence-electron chi connectivity index (χ1n) is 7.80. The van der Waals surface area contributed by atoms with Crippen molar-refractivity contribution in [1.82, 2.24) is 5.32 Å². The zero-order valence-electron chi connectivity index (χ0n) is 14.1. The van der Waals surface area contributed by atoms with Crippen molar-refractivity contribution in [3.63, 3.8) is 0 Å². The average Bonchev–Trinajstić information content (AvgIpc) is 2.64. The molecule has 0 atom stereocenters. The second-order valence-electron chi connectivity index (χ2n) is 5.40. The largest absolute Gasteiger partial charge is 0.416 e. The van der Waals surface area contributed by atoms with Gasteiger partial charge in [-0.1, -0.05) is 61.2 Å². The summed E-state index contributed by atoms with van der Waals surface area (Å²) >= 11 is 0. The summed E-state index contributed by atoms with van der Waals surface area (Å²) in [6.07, 6.45) is 0.204. The Kier molecular flexibility index (Phi) is 6.03. The van der Waals surface area contributed by atoms with Gasteiger partial charge in [0.2, 0.25) is 0 Å². The van der Waals surface area contributed by atoms with Gasteiger partial charge in [0.25, 0.3) is 0 Å². The Morgan fingerprint density at radius 1 is 1.12 bits per heavy atom. The summed E-state index contributed by atoms with van der Waals surface area (Å²) in [5.41, 5.74) is 1.87. The summed E-state index contributed by atoms with van der Waals surface area (Å²) in [6, 6.07) is 14.6. The van der Waals surface area contributed by atoms with Gasteiger partial charge in [-0.25, -0.2) is 0 Å².